The third-order valence-corrected chi connectivity index (χ3v) is 7.12. The summed E-state index contributed by atoms with van der Waals surface area (Å²) in [6.45, 7) is 0. The summed E-state index contributed by atoms with van der Waals surface area (Å²) in [6, 6.07) is 7.36. The van der Waals surface area contributed by atoms with E-state index in [-0.39, 0.29) is 17.4 Å². The number of rotatable bonds is 5. The van der Waals surface area contributed by atoms with Gasteiger partial charge in [-0.05, 0) is 30.5 Å². The molecule has 2 N–H and O–H groups in total. The van der Waals surface area contributed by atoms with Crippen LogP contribution in [0.3, 0.4) is 0 Å². The molecule has 1 aromatic heterocycles. The Kier molecular flexibility index (Phi) is 5.46. The number of methoxy groups -OCH3 is 1. The van der Waals surface area contributed by atoms with Crippen LogP contribution < -0.4 is 10.1 Å². The van der Waals surface area contributed by atoms with Crippen molar-refractivity contribution < 1.29 is 18.3 Å². The van der Waals surface area contributed by atoms with Gasteiger partial charge in [0.1, 0.15) is 27.9 Å². The topological polar surface area (TPSA) is 112 Å². The largest absolute Gasteiger partial charge is 0.495 e. The molecule has 0 spiro atoms. The van der Waals surface area contributed by atoms with Gasteiger partial charge in [0.15, 0.2) is 5.13 Å². The molecule has 7 nitrogen and oxygen atoms in total. The van der Waals surface area contributed by atoms with E-state index in [4.69, 9.17) is 10.00 Å². The number of nitriles is 1. The smallest absolute Gasteiger partial charge is 0.185 e. The second kappa shape index (κ2) is 7.61. The first-order chi connectivity index (χ1) is 12.4. The molecule has 0 aliphatic carbocycles. The molecular formula is C17H19N3O4S2. The maximum atomic E-state index is 11.5. The van der Waals surface area contributed by atoms with Gasteiger partial charge in [0.2, 0.25) is 0 Å². The van der Waals surface area contributed by atoms with E-state index in [9.17, 15) is 13.5 Å². The van der Waals surface area contributed by atoms with Crippen LogP contribution in [0.25, 0.3) is 10.4 Å². The SMILES string of the molecule is COc1cc(-c2cnc(NC(O)C3CCS(=O)(=O)CC3)s2)ccc1C#N. The zero-order valence-electron chi connectivity index (χ0n) is 14.2. The predicted molar refractivity (Wildman–Crippen MR) is 99.8 cm³/mol. The Balaban J connectivity index is 1.69. The number of benzene rings is 1. The number of aliphatic hydroxyl groups is 1. The Bertz CT molecular complexity index is 920. The van der Waals surface area contributed by atoms with Gasteiger partial charge in [0, 0.05) is 12.1 Å². The Morgan fingerprint density at radius 2 is 2.15 bits per heavy atom. The minimum atomic E-state index is -2.95. The Labute approximate surface area is 156 Å². The van der Waals surface area contributed by atoms with Gasteiger partial charge in [-0.2, -0.15) is 5.26 Å². The van der Waals surface area contributed by atoms with Crippen LogP contribution in [0.2, 0.25) is 0 Å². The fourth-order valence-electron chi connectivity index (χ4n) is 2.88. The zero-order valence-corrected chi connectivity index (χ0v) is 15.8. The van der Waals surface area contributed by atoms with Crippen LogP contribution in [-0.4, -0.2) is 43.4 Å². The lowest BCUT2D eigenvalue weighted by atomic mass is 10.0. The molecule has 3 rings (SSSR count). The number of sulfone groups is 1. The van der Waals surface area contributed by atoms with Crippen molar-refractivity contribution in [2.75, 3.05) is 23.9 Å². The molecule has 2 heterocycles. The molecule has 9 heteroatoms. The number of hydrogen-bond donors (Lipinski definition) is 2. The summed E-state index contributed by atoms with van der Waals surface area (Å²) in [5.41, 5.74) is 1.33. The van der Waals surface area contributed by atoms with E-state index in [2.05, 4.69) is 16.4 Å². The van der Waals surface area contributed by atoms with Gasteiger partial charge in [-0.15, -0.1) is 0 Å². The molecule has 138 valence electrons. The van der Waals surface area contributed by atoms with Crippen LogP contribution in [0, 0.1) is 17.2 Å². The lowest BCUT2D eigenvalue weighted by Crippen LogP contribution is -2.35. The number of nitrogens with one attached hydrogen (secondary N) is 1. The highest BCUT2D eigenvalue weighted by Gasteiger charge is 2.29. The monoisotopic (exact) mass is 393 g/mol. The van der Waals surface area contributed by atoms with E-state index in [0.29, 0.717) is 29.3 Å². The van der Waals surface area contributed by atoms with E-state index in [0.717, 1.165) is 10.4 Å². The highest BCUT2D eigenvalue weighted by atomic mass is 32.2. The van der Waals surface area contributed by atoms with E-state index in [1.165, 1.54) is 18.4 Å². The fourth-order valence-corrected chi connectivity index (χ4v) is 5.25. The first kappa shape index (κ1) is 18.6. The normalized spacial score (nSPS) is 18.0. The van der Waals surface area contributed by atoms with Crippen LogP contribution in [0.15, 0.2) is 24.4 Å². The average molecular weight is 393 g/mol. The van der Waals surface area contributed by atoms with Crippen LogP contribution >= 0.6 is 11.3 Å². The van der Waals surface area contributed by atoms with Crippen molar-refractivity contribution in [1.82, 2.24) is 4.98 Å². The zero-order chi connectivity index (χ0) is 18.7. The van der Waals surface area contributed by atoms with Crippen molar-refractivity contribution in [1.29, 1.82) is 5.26 Å². The highest BCUT2D eigenvalue weighted by Crippen LogP contribution is 2.33. The van der Waals surface area contributed by atoms with Crippen LogP contribution in [0.4, 0.5) is 5.13 Å². The molecule has 1 aromatic carbocycles. The lowest BCUT2D eigenvalue weighted by molar-refractivity contribution is 0.127. The van der Waals surface area contributed by atoms with Gasteiger partial charge in [-0.1, -0.05) is 17.4 Å². The second-order valence-electron chi connectivity index (χ2n) is 6.13. The molecule has 0 saturated carbocycles. The van der Waals surface area contributed by atoms with Crippen molar-refractivity contribution in [2.45, 2.75) is 19.1 Å². The summed E-state index contributed by atoms with van der Waals surface area (Å²) in [4.78, 5) is 5.15. The number of aromatic nitrogens is 1. The fraction of sp³-hybridized carbons (Fsp3) is 0.412. The predicted octanol–water partition coefficient (Wildman–Crippen LogP) is 2.25. The molecule has 1 fully saturated rings. The molecule has 1 aliphatic rings. The Hall–Kier alpha value is -2.15. The number of thiazole rings is 1. The third-order valence-electron chi connectivity index (χ3n) is 4.43. The molecule has 1 aliphatic heterocycles. The standard InChI is InChI=1S/C17H19N3O4S2/c1-24-14-8-12(2-3-13(14)9-18)15-10-19-17(25-15)20-16(21)11-4-6-26(22,23)7-5-11/h2-3,8,10-11,16,21H,4-7H2,1H3,(H,19,20). The maximum absolute atomic E-state index is 11.5. The van der Waals surface area contributed by atoms with E-state index in [1.54, 1.807) is 18.3 Å². The quantitative estimate of drug-likeness (QED) is 0.749. The van der Waals surface area contributed by atoms with E-state index in [1.807, 2.05) is 6.07 Å². The van der Waals surface area contributed by atoms with Gasteiger partial charge in [0.25, 0.3) is 0 Å². The molecule has 0 bridgehead atoms. The molecule has 0 radical (unpaired) electrons. The Morgan fingerprint density at radius 1 is 1.42 bits per heavy atom. The summed E-state index contributed by atoms with van der Waals surface area (Å²) in [5.74, 6) is 0.618. The van der Waals surface area contributed by atoms with Crippen molar-refractivity contribution >= 4 is 26.3 Å². The molecule has 26 heavy (non-hydrogen) atoms. The van der Waals surface area contributed by atoms with E-state index < -0.39 is 16.1 Å². The highest BCUT2D eigenvalue weighted by molar-refractivity contribution is 7.91. The first-order valence-corrected chi connectivity index (χ1v) is 10.7. The molecule has 0 amide bonds. The number of anilines is 1. The summed E-state index contributed by atoms with van der Waals surface area (Å²) in [6.07, 6.45) is 1.75. The molecule has 1 saturated heterocycles. The summed E-state index contributed by atoms with van der Waals surface area (Å²) in [7, 11) is -1.44. The van der Waals surface area contributed by atoms with Crippen LogP contribution in [0.5, 0.6) is 5.75 Å². The number of nitrogens with zero attached hydrogens (tertiary/aromatic N) is 2. The van der Waals surface area contributed by atoms with Crippen LogP contribution in [-0.2, 0) is 9.84 Å². The average Bonchev–Trinajstić information content (AvgIpc) is 3.09. The van der Waals surface area contributed by atoms with Gasteiger partial charge in [-0.25, -0.2) is 13.4 Å². The van der Waals surface area contributed by atoms with Gasteiger partial charge in [-0.3, -0.25) is 0 Å². The van der Waals surface area contributed by atoms with Gasteiger partial charge >= 0.3 is 0 Å². The van der Waals surface area contributed by atoms with Crippen molar-refractivity contribution in [3.05, 3.63) is 30.0 Å². The minimum absolute atomic E-state index is 0.110. The number of hydrogen-bond acceptors (Lipinski definition) is 8. The van der Waals surface area contributed by atoms with Crippen molar-refractivity contribution in [3.63, 3.8) is 0 Å². The van der Waals surface area contributed by atoms with Crippen molar-refractivity contribution in [3.8, 4) is 22.3 Å². The minimum Gasteiger partial charge on any atom is -0.495 e. The van der Waals surface area contributed by atoms with Crippen LogP contribution in [0.1, 0.15) is 18.4 Å². The molecule has 2 aromatic rings. The third kappa shape index (κ3) is 4.15. The molecule has 1 atom stereocenters. The number of aliphatic hydroxyl groups excluding tert-OH is 1. The summed E-state index contributed by atoms with van der Waals surface area (Å²) in [5, 5.41) is 22.9. The van der Waals surface area contributed by atoms with E-state index >= 15 is 0 Å². The Morgan fingerprint density at radius 3 is 2.81 bits per heavy atom. The second-order valence-corrected chi connectivity index (χ2v) is 9.47. The maximum Gasteiger partial charge on any atom is 0.185 e. The van der Waals surface area contributed by atoms with Gasteiger partial charge < -0.3 is 15.2 Å². The summed E-state index contributed by atoms with van der Waals surface area (Å²) >= 11 is 1.37. The molecule has 1 unspecified atom stereocenters. The lowest BCUT2D eigenvalue weighted by Gasteiger charge is -2.26. The molecular weight excluding hydrogens is 374 g/mol. The first-order valence-electron chi connectivity index (χ1n) is 8.11. The summed E-state index contributed by atoms with van der Waals surface area (Å²) < 4.78 is 28.2. The van der Waals surface area contributed by atoms with Crippen molar-refractivity contribution in [2.24, 2.45) is 5.92 Å². The van der Waals surface area contributed by atoms with Gasteiger partial charge in [0.05, 0.1) is 29.1 Å². The number of ether oxygens (including phenoxy) is 1.